The first kappa shape index (κ1) is 12.9. The Hall–Kier alpha value is -1.57. The molecule has 1 N–H and O–H groups in total. The second-order valence-electron chi connectivity index (χ2n) is 5.33. The van der Waals surface area contributed by atoms with Gasteiger partial charge in [0.25, 0.3) is 0 Å². The normalized spacial score (nSPS) is 26.6. The van der Waals surface area contributed by atoms with Crippen LogP contribution in [0.4, 0.5) is 0 Å². The molecule has 0 aromatic rings. The molecule has 1 aliphatic carbocycles. The van der Waals surface area contributed by atoms with Crippen LogP contribution in [0.25, 0.3) is 0 Å². The molecule has 1 saturated heterocycles. The van der Waals surface area contributed by atoms with Crippen molar-refractivity contribution in [1.82, 2.24) is 4.90 Å². The zero-order chi connectivity index (χ0) is 13.2. The summed E-state index contributed by atoms with van der Waals surface area (Å²) in [5.41, 5.74) is -0.875. The van der Waals surface area contributed by atoms with Crippen LogP contribution in [0.5, 0.6) is 0 Å². The fourth-order valence-electron chi connectivity index (χ4n) is 3.02. The van der Waals surface area contributed by atoms with Crippen LogP contribution < -0.4 is 0 Å². The molecule has 0 radical (unpaired) electrons. The van der Waals surface area contributed by atoms with Crippen LogP contribution in [0, 0.1) is 22.7 Å². The van der Waals surface area contributed by atoms with Gasteiger partial charge in [-0.15, -0.1) is 0 Å². The first-order valence-electron chi connectivity index (χ1n) is 6.52. The number of carbonyl (C=O) groups excluding carboxylic acids is 1. The molecule has 2 fully saturated rings. The molecule has 18 heavy (non-hydrogen) atoms. The second kappa shape index (κ2) is 4.97. The first-order chi connectivity index (χ1) is 8.59. The van der Waals surface area contributed by atoms with E-state index < -0.39 is 17.3 Å². The van der Waals surface area contributed by atoms with Gasteiger partial charge in [0.2, 0.25) is 5.91 Å². The number of carbonyl (C=O) groups is 2. The summed E-state index contributed by atoms with van der Waals surface area (Å²) in [6.45, 7) is 0.851. The van der Waals surface area contributed by atoms with Crippen molar-refractivity contribution < 1.29 is 14.7 Å². The summed E-state index contributed by atoms with van der Waals surface area (Å²) in [5.74, 6) is -1.46. The molecule has 1 unspecified atom stereocenters. The lowest BCUT2D eigenvalue weighted by molar-refractivity contribution is -0.148. The molecule has 1 saturated carbocycles. The summed E-state index contributed by atoms with van der Waals surface area (Å²) in [5, 5.41) is 18.3. The molecule has 0 spiro atoms. The fourth-order valence-corrected chi connectivity index (χ4v) is 3.02. The summed E-state index contributed by atoms with van der Waals surface area (Å²) < 4.78 is 0. The van der Waals surface area contributed by atoms with Crippen molar-refractivity contribution in [3.05, 3.63) is 0 Å². The Morgan fingerprint density at radius 2 is 1.94 bits per heavy atom. The van der Waals surface area contributed by atoms with Crippen LogP contribution in [-0.4, -0.2) is 35.0 Å². The Balaban J connectivity index is 2.09. The van der Waals surface area contributed by atoms with Gasteiger partial charge in [0.15, 0.2) is 0 Å². The molecule has 1 amide bonds. The van der Waals surface area contributed by atoms with Crippen LogP contribution in [0.1, 0.15) is 38.5 Å². The molecule has 2 aliphatic rings. The van der Waals surface area contributed by atoms with Gasteiger partial charge in [-0.3, -0.25) is 9.59 Å². The maximum absolute atomic E-state index is 12.4. The number of hydrogen-bond acceptors (Lipinski definition) is 3. The van der Waals surface area contributed by atoms with Crippen LogP contribution >= 0.6 is 0 Å². The number of carboxylic acid groups (broad SMARTS) is 1. The fraction of sp³-hybridized carbons (Fsp3) is 0.769. The van der Waals surface area contributed by atoms with Gasteiger partial charge < -0.3 is 10.0 Å². The molecule has 0 aromatic carbocycles. The van der Waals surface area contributed by atoms with E-state index in [1.807, 2.05) is 0 Å². The van der Waals surface area contributed by atoms with Gasteiger partial charge >= 0.3 is 5.97 Å². The number of hydrogen-bond donors (Lipinski definition) is 1. The predicted octanol–water partition coefficient (Wildman–Crippen LogP) is 1.39. The lowest BCUT2D eigenvalue weighted by Gasteiger charge is -2.35. The number of likely N-dealkylation sites (tertiary alicyclic amines) is 1. The monoisotopic (exact) mass is 250 g/mol. The largest absolute Gasteiger partial charge is 0.481 e. The summed E-state index contributed by atoms with van der Waals surface area (Å²) in [6, 6.07) is 2.18. The number of nitriles is 1. The Kier molecular flexibility index (Phi) is 3.55. The van der Waals surface area contributed by atoms with Crippen molar-refractivity contribution in [2.24, 2.45) is 11.3 Å². The van der Waals surface area contributed by atoms with E-state index in [1.165, 1.54) is 0 Å². The lowest BCUT2D eigenvalue weighted by atomic mass is 9.85. The van der Waals surface area contributed by atoms with Crippen LogP contribution in [0.2, 0.25) is 0 Å². The van der Waals surface area contributed by atoms with Crippen LogP contribution in [0.3, 0.4) is 0 Å². The van der Waals surface area contributed by atoms with Crippen LogP contribution in [0.15, 0.2) is 0 Å². The minimum atomic E-state index is -0.875. The summed E-state index contributed by atoms with van der Waals surface area (Å²) in [7, 11) is 0. The van der Waals surface area contributed by atoms with Crippen molar-refractivity contribution in [2.75, 3.05) is 13.1 Å². The smallest absolute Gasteiger partial charge is 0.308 e. The molecular weight excluding hydrogens is 232 g/mol. The van der Waals surface area contributed by atoms with E-state index in [4.69, 9.17) is 5.11 Å². The minimum Gasteiger partial charge on any atom is -0.481 e. The standard InChI is InChI=1S/C13H18N2O3/c14-9-13(5-1-2-6-13)12(18)15-7-3-4-10(8-15)11(16)17/h10H,1-8H2,(H,16,17). The summed E-state index contributed by atoms with van der Waals surface area (Å²) in [6.07, 6.45) is 4.40. The Labute approximate surface area is 106 Å². The Morgan fingerprint density at radius 1 is 1.28 bits per heavy atom. The maximum Gasteiger partial charge on any atom is 0.308 e. The first-order valence-corrected chi connectivity index (χ1v) is 6.52. The van der Waals surface area contributed by atoms with Crippen molar-refractivity contribution >= 4 is 11.9 Å². The van der Waals surface area contributed by atoms with Gasteiger partial charge in [-0.25, -0.2) is 0 Å². The van der Waals surface area contributed by atoms with Gasteiger partial charge in [0.1, 0.15) is 5.41 Å². The topological polar surface area (TPSA) is 81.4 Å². The van der Waals surface area contributed by atoms with Gasteiger partial charge in [-0.1, -0.05) is 12.8 Å². The predicted molar refractivity (Wildman–Crippen MR) is 63.5 cm³/mol. The Bertz CT molecular complexity index is 394. The van der Waals surface area contributed by atoms with Gasteiger partial charge in [0.05, 0.1) is 12.0 Å². The quantitative estimate of drug-likeness (QED) is 0.803. The number of nitrogens with zero attached hydrogens (tertiary/aromatic N) is 2. The van der Waals surface area contributed by atoms with Gasteiger partial charge in [-0.05, 0) is 25.7 Å². The number of rotatable bonds is 2. The van der Waals surface area contributed by atoms with Crippen molar-refractivity contribution in [3.8, 4) is 6.07 Å². The molecule has 1 atom stereocenters. The average Bonchev–Trinajstić information content (AvgIpc) is 2.88. The average molecular weight is 250 g/mol. The molecule has 0 bridgehead atoms. The minimum absolute atomic E-state index is 0.145. The number of piperidine rings is 1. The van der Waals surface area contributed by atoms with Crippen molar-refractivity contribution in [3.63, 3.8) is 0 Å². The second-order valence-corrected chi connectivity index (χ2v) is 5.33. The lowest BCUT2D eigenvalue weighted by Crippen LogP contribution is -2.48. The SMILES string of the molecule is N#CC1(C(=O)N2CCCC(C(=O)O)C2)CCCC1. The molecular formula is C13H18N2O3. The van der Waals surface area contributed by atoms with Gasteiger partial charge in [0, 0.05) is 13.1 Å². The highest BCUT2D eigenvalue weighted by Crippen LogP contribution is 2.39. The third-order valence-electron chi connectivity index (χ3n) is 4.14. The third kappa shape index (κ3) is 2.20. The zero-order valence-electron chi connectivity index (χ0n) is 10.4. The molecule has 98 valence electrons. The molecule has 1 aliphatic heterocycles. The zero-order valence-corrected chi connectivity index (χ0v) is 10.4. The summed E-state index contributed by atoms with van der Waals surface area (Å²) >= 11 is 0. The van der Waals surface area contributed by atoms with E-state index in [0.717, 1.165) is 12.8 Å². The number of aliphatic carboxylic acids is 1. The van der Waals surface area contributed by atoms with E-state index in [-0.39, 0.29) is 12.5 Å². The Morgan fingerprint density at radius 3 is 2.50 bits per heavy atom. The molecule has 5 nitrogen and oxygen atoms in total. The van der Waals surface area contributed by atoms with E-state index in [0.29, 0.717) is 32.2 Å². The van der Waals surface area contributed by atoms with Crippen molar-refractivity contribution in [2.45, 2.75) is 38.5 Å². The highest BCUT2D eigenvalue weighted by molar-refractivity contribution is 5.86. The van der Waals surface area contributed by atoms with E-state index >= 15 is 0 Å². The molecule has 0 aromatic heterocycles. The van der Waals surface area contributed by atoms with Crippen LogP contribution in [-0.2, 0) is 9.59 Å². The van der Waals surface area contributed by atoms with E-state index in [9.17, 15) is 14.9 Å². The highest BCUT2D eigenvalue weighted by Gasteiger charge is 2.45. The highest BCUT2D eigenvalue weighted by atomic mass is 16.4. The summed E-state index contributed by atoms with van der Waals surface area (Å²) in [4.78, 5) is 25.0. The number of carboxylic acids is 1. The molecule has 1 heterocycles. The maximum atomic E-state index is 12.4. The van der Waals surface area contributed by atoms with E-state index in [1.54, 1.807) is 4.90 Å². The van der Waals surface area contributed by atoms with Crippen molar-refractivity contribution in [1.29, 1.82) is 5.26 Å². The number of amides is 1. The van der Waals surface area contributed by atoms with Gasteiger partial charge in [-0.2, -0.15) is 5.26 Å². The molecule has 2 rings (SSSR count). The van der Waals surface area contributed by atoms with E-state index in [2.05, 4.69) is 6.07 Å². The third-order valence-corrected chi connectivity index (χ3v) is 4.14. The molecule has 5 heteroatoms.